The predicted octanol–water partition coefficient (Wildman–Crippen LogP) is 8.20. The Hall–Kier alpha value is -5.17. The van der Waals surface area contributed by atoms with E-state index in [4.69, 9.17) is 28.7 Å². The summed E-state index contributed by atoms with van der Waals surface area (Å²) in [5, 5.41) is 16.7. The first kappa shape index (κ1) is 42.1. The van der Waals surface area contributed by atoms with Crippen molar-refractivity contribution in [1.29, 1.82) is 0 Å². The van der Waals surface area contributed by atoms with Crippen LogP contribution < -0.4 is 24.8 Å². The number of ketones is 1. The zero-order valence-electron chi connectivity index (χ0n) is 37.5. The van der Waals surface area contributed by atoms with E-state index in [0.717, 1.165) is 57.4 Å². The molecule has 1 aromatic heterocycles. The van der Waals surface area contributed by atoms with Crippen LogP contribution in [0.5, 0.6) is 17.2 Å². The first-order chi connectivity index (χ1) is 29.6. The number of nitrogens with one attached hydrogen (secondary N) is 2. The van der Waals surface area contributed by atoms with E-state index >= 15 is 4.79 Å². The van der Waals surface area contributed by atoms with Crippen molar-refractivity contribution >= 4 is 40.5 Å². The Morgan fingerprint density at radius 1 is 1.05 bits per heavy atom. The molecule has 3 aromatic rings. The van der Waals surface area contributed by atoms with Crippen LogP contribution in [0.15, 0.2) is 70.9 Å². The Morgan fingerprint density at radius 3 is 2.56 bits per heavy atom. The number of hydrogen-bond acceptors (Lipinski definition) is 11. The molecule has 4 fully saturated rings. The fourth-order valence-corrected chi connectivity index (χ4v) is 11.2. The summed E-state index contributed by atoms with van der Waals surface area (Å²) in [6.45, 7) is 17.6. The molecule has 4 bridgehead atoms. The molecule has 0 radical (unpaired) electrons. The Labute approximate surface area is 364 Å². The zero-order chi connectivity index (χ0) is 43.9. The summed E-state index contributed by atoms with van der Waals surface area (Å²) in [6, 6.07) is 7.60. The molecule has 12 nitrogen and oxygen atoms in total. The van der Waals surface area contributed by atoms with Gasteiger partial charge in [0.1, 0.15) is 29.5 Å². The van der Waals surface area contributed by atoms with Crippen molar-refractivity contribution in [2.45, 2.75) is 116 Å². The number of rotatable bonds is 14. The average Bonchev–Trinajstić information content (AvgIpc) is 3.67. The fourth-order valence-electron chi connectivity index (χ4n) is 11.2. The first-order valence-electron chi connectivity index (χ1n) is 22.1. The Morgan fingerprint density at radius 2 is 1.82 bits per heavy atom. The van der Waals surface area contributed by atoms with Crippen LogP contribution in [0.2, 0.25) is 0 Å². The van der Waals surface area contributed by atoms with Crippen LogP contribution in [0.1, 0.15) is 104 Å². The van der Waals surface area contributed by atoms with Gasteiger partial charge in [-0.2, -0.15) is 0 Å². The highest BCUT2D eigenvalue weighted by molar-refractivity contribution is 6.03. The molecule has 7 aliphatic rings. The van der Waals surface area contributed by atoms with E-state index in [1.165, 1.54) is 12.7 Å². The maximum Gasteiger partial charge on any atom is 0.333 e. The van der Waals surface area contributed by atoms with E-state index in [1.807, 2.05) is 18.2 Å². The minimum Gasteiger partial charge on any atom is -0.491 e. The van der Waals surface area contributed by atoms with Crippen LogP contribution in [-0.2, 0) is 25.5 Å². The standard InChI is InChI=1S/C50H60N4O8/c1-28(2)13-12-20-48(8)21-19-32-41(60-48)31(17-16-29(3)4)43-37(42(32)59-26-24-51-23-25-55)39-38-40(54-35-15-11-10-14-34(35)52-46(54)53-39)33-27-36-47(6,7)62-49(44(33)56,50(36,38)61-43)22-18-30(5)45(57)58-9/h10-11,13-16,18-19,21,33,36,40,51,55H,12,17,20,22-27H2,1-9H3,(H,52,53)/b30-18-. The number of Topliss-reactive ketones (excluding diaryl/α,β-unsaturated/α-hetero) is 1. The van der Waals surface area contributed by atoms with Crippen LogP contribution in [0.4, 0.5) is 5.95 Å². The van der Waals surface area contributed by atoms with Gasteiger partial charge in [0.15, 0.2) is 17.0 Å². The number of hydrogen-bond donors (Lipinski definition) is 3. The number of para-hydroxylation sites is 2. The Kier molecular flexibility index (Phi) is 10.4. The number of benzene rings is 2. The number of anilines is 1. The molecule has 6 atom stereocenters. The quantitative estimate of drug-likeness (QED) is 0.0626. The second-order valence-electron chi connectivity index (χ2n) is 19.0. The molecule has 0 amide bonds. The van der Waals surface area contributed by atoms with Gasteiger partial charge in [-0.05, 0) is 105 Å². The van der Waals surface area contributed by atoms with Crippen molar-refractivity contribution in [3.63, 3.8) is 0 Å². The lowest BCUT2D eigenvalue weighted by atomic mass is 9.47. The Balaban J connectivity index is 1.36. The molecule has 2 aromatic carbocycles. The van der Waals surface area contributed by atoms with Crippen molar-refractivity contribution < 1.29 is 38.4 Å². The highest BCUT2D eigenvalue weighted by atomic mass is 16.6. The minimum atomic E-state index is -1.50. The van der Waals surface area contributed by atoms with Crippen LogP contribution in [-0.4, -0.2) is 82.2 Å². The van der Waals surface area contributed by atoms with Gasteiger partial charge in [0, 0.05) is 48.1 Å². The summed E-state index contributed by atoms with van der Waals surface area (Å²) in [6.07, 6.45) is 13.2. The van der Waals surface area contributed by atoms with Gasteiger partial charge in [0.2, 0.25) is 5.95 Å². The van der Waals surface area contributed by atoms with E-state index in [0.29, 0.717) is 61.3 Å². The smallest absolute Gasteiger partial charge is 0.333 e. The number of aliphatic hydroxyl groups excluding tert-OH is 1. The molecule has 12 heteroatoms. The molecule has 6 unspecified atom stereocenters. The van der Waals surface area contributed by atoms with E-state index < -0.39 is 40.3 Å². The van der Waals surface area contributed by atoms with Crippen molar-refractivity contribution in [3.05, 3.63) is 87.6 Å². The number of carbonyl (C=O) groups excluding carboxylic acids is 2. The summed E-state index contributed by atoms with van der Waals surface area (Å²) in [7, 11) is 1.36. The second-order valence-corrected chi connectivity index (χ2v) is 19.0. The number of allylic oxidation sites excluding steroid dienone is 4. The lowest BCUT2D eigenvalue weighted by Gasteiger charge is -2.62. The molecular formula is C50H60N4O8. The zero-order valence-corrected chi connectivity index (χ0v) is 37.5. The van der Waals surface area contributed by atoms with E-state index in [-0.39, 0.29) is 24.7 Å². The van der Waals surface area contributed by atoms with Crippen molar-refractivity contribution in [3.8, 4) is 17.2 Å². The molecule has 1 saturated heterocycles. The minimum absolute atomic E-state index is 0.0137. The highest BCUT2D eigenvalue weighted by Gasteiger charge is 2.84. The summed E-state index contributed by atoms with van der Waals surface area (Å²) >= 11 is 0. The van der Waals surface area contributed by atoms with Gasteiger partial charge in [0.05, 0.1) is 53.2 Å². The fraction of sp³-hybridized carbons (Fsp3) is 0.500. The number of imidazole rings is 1. The monoisotopic (exact) mass is 844 g/mol. The Bertz CT molecular complexity index is 2540. The largest absolute Gasteiger partial charge is 0.491 e. The SMILES string of the molecule is COC(=O)/C(C)=C\CC12OC(C)(C)C3CC(C1=O)C1C4=C(Nc5nc6ccccc6n51)c1c(OCCNCCO)c5c(c(CC=C(C)C)c1OC432)OC(C)(CCC=C(C)C)C=C5. The van der Waals surface area contributed by atoms with E-state index in [2.05, 4.69) is 94.0 Å². The molecule has 10 rings (SSSR count). The van der Waals surface area contributed by atoms with Crippen molar-refractivity contribution in [2.24, 2.45) is 11.8 Å². The number of esters is 1. The third-order valence-electron chi connectivity index (χ3n) is 13.9. The molecule has 3 N–H and O–H groups in total. The molecular weight excluding hydrogens is 785 g/mol. The van der Waals surface area contributed by atoms with Gasteiger partial charge in [-0.15, -0.1) is 0 Å². The van der Waals surface area contributed by atoms with Crippen LogP contribution in [0.25, 0.3) is 22.8 Å². The predicted molar refractivity (Wildman–Crippen MR) is 239 cm³/mol. The molecule has 5 heterocycles. The van der Waals surface area contributed by atoms with Crippen molar-refractivity contribution in [2.75, 3.05) is 38.7 Å². The van der Waals surface area contributed by atoms with Gasteiger partial charge >= 0.3 is 5.97 Å². The van der Waals surface area contributed by atoms with E-state index in [1.54, 1.807) is 13.0 Å². The van der Waals surface area contributed by atoms with Gasteiger partial charge in [-0.1, -0.05) is 41.5 Å². The molecule has 3 aliphatic carbocycles. The molecule has 3 saturated carbocycles. The lowest BCUT2D eigenvalue weighted by molar-refractivity contribution is -0.181. The van der Waals surface area contributed by atoms with E-state index in [9.17, 15) is 9.90 Å². The number of fused-ring (bicyclic) bond motifs is 6. The first-order valence-corrected chi connectivity index (χ1v) is 22.1. The van der Waals surface area contributed by atoms with Gasteiger partial charge < -0.3 is 44.0 Å². The highest BCUT2D eigenvalue weighted by Crippen LogP contribution is 2.74. The molecule has 1 spiro atoms. The maximum absolute atomic E-state index is 15.8. The topological polar surface area (TPSA) is 142 Å². The number of aromatic nitrogens is 2. The van der Waals surface area contributed by atoms with Crippen LogP contribution in [0.3, 0.4) is 0 Å². The third kappa shape index (κ3) is 6.22. The molecule has 328 valence electrons. The third-order valence-corrected chi connectivity index (χ3v) is 13.9. The van der Waals surface area contributed by atoms with Gasteiger partial charge in [0.25, 0.3) is 0 Å². The number of ether oxygens (including phenoxy) is 5. The summed E-state index contributed by atoms with van der Waals surface area (Å²) in [5.41, 5.74) is 4.41. The summed E-state index contributed by atoms with van der Waals surface area (Å²) in [4.78, 5) is 33.8. The van der Waals surface area contributed by atoms with Crippen LogP contribution in [0, 0.1) is 11.8 Å². The average molecular weight is 845 g/mol. The molecule has 62 heavy (non-hydrogen) atoms. The summed E-state index contributed by atoms with van der Waals surface area (Å²) in [5.74, 6) is 1.25. The number of carbonyl (C=O) groups is 2. The normalized spacial score (nSPS) is 27.9. The maximum atomic E-state index is 15.8. The number of nitrogens with zero attached hydrogens (tertiary/aromatic N) is 2. The number of methoxy groups -OCH3 is 1. The number of aliphatic hydroxyl groups is 1. The van der Waals surface area contributed by atoms with Crippen LogP contribution >= 0.6 is 0 Å². The lowest BCUT2D eigenvalue weighted by Crippen LogP contribution is -2.75. The summed E-state index contributed by atoms with van der Waals surface area (Å²) < 4.78 is 36.7. The second kappa shape index (κ2) is 15.3. The molecule has 4 aliphatic heterocycles. The van der Waals surface area contributed by atoms with Gasteiger partial charge in [-0.3, -0.25) is 4.79 Å². The van der Waals surface area contributed by atoms with Crippen molar-refractivity contribution in [1.82, 2.24) is 14.9 Å². The van der Waals surface area contributed by atoms with Gasteiger partial charge in [-0.25, -0.2) is 9.78 Å².